The van der Waals surface area contributed by atoms with Gasteiger partial charge in [-0.05, 0) is 29.8 Å². The van der Waals surface area contributed by atoms with Gasteiger partial charge in [0.25, 0.3) is 0 Å². The van der Waals surface area contributed by atoms with Gasteiger partial charge in [0.1, 0.15) is 11.5 Å². The number of hydrogen-bond acceptors (Lipinski definition) is 5. The number of allylic oxidation sites excluding steroid dienone is 1. The van der Waals surface area contributed by atoms with Crippen molar-refractivity contribution in [2.45, 2.75) is 6.04 Å². The predicted molar refractivity (Wildman–Crippen MR) is 100 cm³/mol. The molecule has 0 saturated carbocycles. The van der Waals surface area contributed by atoms with Gasteiger partial charge in [-0.15, -0.1) is 0 Å². The highest BCUT2D eigenvalue weighted by Crippen LogP contribution is 2.44. The van der Waals surface area contributed by atoms with Gasteiger partial charge in [-0.1, -0.05) is 30.4 Å². The Kier molecular flexibility index (Phi) is 3.86. The Balaban J connectivity index is 2.03. The maximum absolute atomic E-state index is 12.3. The van der Waals surface area contributed by atoms with E-state index in [0.717, 1.165) is 22.3 Å². The molecule has 130 valence electrons. The lowest BCUT2D eigenvalue weighted by Gasteiger charge is -2.28. The van der Waals surface area contributed by atoms with E-state index in [2.05, 4.69) is 0 Å². The molecule has 0 saturated heterocycles. The second-order valence-corrected chi connectivity index (χ2v) is 6.15. The number of rotatable bonds is 2. The van der Waals surface area contributed by atoms with Gasteiger partial charge in [0, 0.05) is 34.5 Å². The number of hydrogen-bond donors (Lipinski definition) is 2. The van der Waals surface area contributed by atoms with Gasteiger partial charge in [-0.3, -0.25) is 0 Å². The van der Waals surface area contributed by atoms with Crippen LogP contribution in [0.2, 0.25) is 0 Å². The largest absolute Gasteiger partial charge is 0.465 e. The molecule has 0 aromatic heterocycles. The number of ether oxygens (including phenoxy) is 2. The number of fused-ring (bicyclic) bond motifs is 2. The van der Waals surface area contributed by atoms with Gasteiger partial charge in [0.15, 0.2) is 0 Å². The molecule has 0 bridgehead atoms. The quantitative estimate of drug-likeness (QED) is 0.645. The second-order valence-electron chi connectivity index (χ2n) is 6.15. The van der Waals surface area contributed by atoms with Gasteiger partial charge in [0.05, 0.1) is 12.7 Å². The summed E-state index contributed by atoms with van der Waals surface area (Å²) < 4.78 is 11.0. The van der Waals surface area contributed by atoms with E-state index in [0.29, 0.717) is 22.8 Å². The third kappa shape index (κ3) is 2.59. The minimum absolute atomic E-state index is 0.228. The average Bonchev–Trinajstić information content (AvgIpc) is 2.65. The van der Waals surface area contributed by atoms with Gasteiger partial charge in [0.2, 0.25) is 0 Å². The van der Waals surface area contributed by atoms with Crippen molar-refractivity contribution in [3.63, 3.8) is 0 Å². The molecule has 1 unspecified atom stereocenters. The van der Waals surface area contributed by atoms with Crippen molar-refractivity contribution in [2.24, 2.45) is 5.73 Å². The third-order valence-electron chi connectivity index (χ3n) is 4.46. The van der Waals surface area contributed by atoms with Crippen LogP contribution in [0.5, 0.6) is 5.75 Å². The van der Waals surface area contributed by atoms with Gasteiger partial charge in [-0.25, -0.2) is 4.79 Å². The van der Waals surface area contributed by atoms with Crippen LogP contribution < -0.4 is 16.2 Å². The summed E-state index contributed by atoms with van der Waals surface area (Å²) in [6, 6.07) is 12.6. The molecule has 4 rings (SSSR count). The Labute approximate surface area is 151 Å². The van der Waals surface area contributed by atoms with Crippen LogP contribution in [0.25, 0.3) is 5.57 Å². The van der Waals surface area contributed by atoms with Crippen molar-refractivity contribution in [1.82, 2.24) is 0 Å². The van der Waals surface area contributed by atoms with Gasteiger partial charge >= 0.3 is 5.97 Å². The minimum Gasteiger partial charge on any atom is -0.465 e. The fourth-order valence-corrected chi connectivity index (χ4v) is 3.28. The number of nitrogens with two attached hydrogens (primary N) is 2. The molecule has 5 nitrogen and oxygen atoms in total. The third-order valence-corrected chi connectivity index (χ3v) is 4.46. The fraction of sp³-hybridized carbons (Fsp3) is 0.0952. The highest BCUT2D eigenvalue weighted by atomic mass is 16.5. The number of nitrogen functional groups attached to an aromatic ring is 1. The zero-order valence-electron chi connectivity index (χ0n) is 14.2. The Morgan fingerprint density at radius 3 is 2.77 bits per heavy atom. The van der Waals surface area contributed by atoms with Crippen molar-refractivity contribution in [3.05, 3.63) is 88.7 Å². The molecule has 0 radical (unpaired) electrons. The Morgan fingerprint density at radius 2 is 1.96 bits per heavy atom. The first kappa shape index (κ1) is 16.2. The molecule has 0 amide bonds. The number of anilines is 1. The Morgan fingerprint density at radius 1 is 1.15 bits per heavy atom. The highest BCUT2D eigenvalue weighted by Gasteiger charge is 2.28. The van der Waals surface area contributed by atoms with Crippen LogP contribution in [0.15, 0.2) is 72.0 Å². The number of carbonyl (C=O) groups excluding carboxylic acids is 1. The number of esters is 1. The Hall–Kier alpha value is -3.31. The molecule has 26 heavy (non-hydrogen) atoms. The van der Waals surface area contributed by atoms with Crippen LogP contribution in [0, 0.1) is 0 Å². The zero-order chi connectivity index (χ0) is 18.3. The van der Waals surface area contributed by atoms with E-state index in [9.17, 15) is 4.79 Å². The van der Waals surface area contributed by atoms with E-state index in [1.807, 2.05) is 48.6 Å². The zero-order valence-corrected chi connectivity index (χ0v) is 14.2. The molecule has 1 heterocycles. The summed E-state index contributed by atoms with van der Waals surface area (Å²) in [5.74, 6) is 0.907. The molecule has 1 aliphatic heterocycles. The van der Waals surface area contributed by atoms with E-state index in [-0.39, 0.29) is 12.0 Å². The van der Waals surface area contributed by atoms with Crippen LogP contribution in [0.3, 0.4) is 0 Å². The first-order valence-electron chi connectivity index (χ1n) is 8.24. The molecule has 0 fully saturated rings. The van der Waals surface area contributed by atoms with E-state index >= 15 is 0 Å². The van der Waals surface area contributed by atoms with Crippen molar-refractivity contribution in [2.75, 3.05) is 12.8 Å². The normalized spacial score (nSPS) is 17.8. The van der Waals surface area contributed by atoms with Gasteiger partial charge in [-0.2, -0.15) is 0 Å². The van der Waals surface area contributed by atoms with E-state index < -0.39 is 0 Å². The second kappa shape index (κ2) is 6.20. The molecular formula is C21H18N2O3. The van der Waals surface area contributed by atoms with Crippen molar-refractivity contribution in [1.29, 1.82) is 0 Å². The summed E-state index contributed by atoms with van der Waals surface area (Å²) in [6.45, 7) is 0. The van der Waals surface area contributed by atoms with E-state index in [1.54, 1.807) is 12.1 Å². The van der Waals surface area contributed by atoms with Crippen molar-refractivity contribution >= 4 is 17.2 Å². The molecule has 2 aromatic carbocycles. The summed E-state index contributed by atoms with van der Waals surface area (Å²) in [7, 11) is 1.38. The lowest BCUT2D eigenvalue weighted by atomic mass is 9.85. The maximum atomic E-state index is 12.3. The molecule has 4 N–H and O–H groups in total. The van der Waals surface area contributed by atoms with Crippen LogP contribution in [-0.2, 0) is 4.74 Å². The van der Waals surface area contributed by atoms with Crippen LogP contribution in [0.1, 0.15) is 21.5 Å². The maximum Gasteiger partial charge on any atom is 0.338 e. The molecule has 2 aromatic rings. The molecule has 5 heteroatoms. The average molecular weight is 346 g/mol. The van der Waals surface area contributed by atoms with Crippen LogP contribution in [0.4, 0.5) is 5.69 Å². The summed E-state index contributed by atoms with van der Waals surface area (Å²) in [5, 5.41) is 0. The van der Waals surface area contributed by atoms with Crippen LogP contribution in [-0.4, -0.2) is 19.1 Å². The summed E-state index contributed by atoms with van der Waals surface area (Å²) >= 11 is 0. The minimum atomic E-state index is -0.390. The molecular weight excluding hydrogens is 328 g/mol. The highest BCUT2D eigenvalue weighted by molar-refractivity contribution is 6.01. The fourth-order valence-electron chi connectivity index (χ4n) is 3.28. The molecule has 0 spiro atoms. The van der Waals surface area contributed by atoms with E-state index in [1.165, 1.54) is 7.11 Å². The van der Waals surface area contributed by atoms with Crippen LogP contribution >= 0.6 is 0 Å². The topological polar surface area (TPSA) is 87.6 Å². The first-order chi connectivity index (χ1) is 12.6. The molecule has 1 aliphatic carbocycles. The van der Waals surface area contributed by atoms with Crippen molar-refractivity contribution < 1.29 is 14.3 Å². The number of benzene rings is 2. The molecule has 1 atom stereocenters. The standard InChI is InChI=1S/C21H18N2O3/c1-25-21(24)15-5-3-2-4-14(15)20-16-8-6-12(22)10-18(16)26-19-11-13(23)7-9-17(19)20/h2-12H,22-23H2,1H3. The monoisotopic (exact) mass is 346 g/mol. The molecule has 2 aliphatic rings. The SMILES string of the molecule is COC(=O)c1ccccc1C1=C2C=CC(N)C=C2Oc2cc(N)ccc21. The number of carbonyl (C=O) groups is 1. The Bertz CT molecular complexity index is 1000. The van der Waals surface area contributed by atoms with E-state index in [4.69, 9.17) is 20.9 Å². The summed E-state index contributed by atoms with van der Waals surface area (Å²) in [4.78, 5) is 12.3. The smallest absolute Gasteiger partial charge is 0.338 e. The lowest BCUT2D eigenvalue weighted by molar-refractivity contribution is 0.0600. The number of methoxy groups -OCH3 is 1. The van der Waals surface area contributed by atoms with Crippen molar-refractivity contribution in [3.8, 4) is 5.75 Å². The van der Waals surface area contributed by atoms with Gasteiger partial charge < -0.3 is 20.9 Å². The summed E-state index contributed by atoms with van der Waals surface area (Å²) in [6.07, 6.45) is 5.68. The predicted octanol–water partition coefficient (Wildman–Crippen LogP) is 3.03. The first-order valence-corrected chi connectivity index (χ1v) is 8.24. The summed E-state index contributed by atoms with van der Waals surface area (Å²) in [5.41, 5.74) is 16.4. The lowest BCUT2D eigenvalue weighted by Crippen LogP contribution is -2.22.